The lowest BCUT2D eigenvalue weighted by Crippen LogP contribution is -2.47. The average molecular weight is 260 g/mol. The molecule has 1 atom stereocenters. The molecule has 0 aliphatic carbocycles. The minimum absolute atomic E-state index is 0.442. The van der Waals surface area contributed by atoms with Crippen LogP contribution >= 0.6 is 0 Å². The van der Waals surface area contributed by atoms with Crippen molar-refractivity contribution in [2.75, 3.05) is 6.54 Å². The molecule has 1 aliphatic heterocycles. The topological polar surface area (TPSA) is 66.6 Å². The molecule has 1 saturated heterocycles. The van der Waals surface area contributed by atoms with Gasteiger partial charge < -0.3 is 9.52 Å². The van der Waals surface area contributed by atoms with Crippen molar-refractivity contribution in [3.8, 4) is 0 Å². The second-order valence-electron chi connectivity index (χ2n) is 5.18. The molecule has 1 aromatic heterocycles. The molecule has 1 N–H and O–H groups in total. The fourth-order valence-corrected chi connectivity index (χ4v) is 2.67. The number of carbonyl (C=O) groups is 1. The number of carboxylic acids is 1. The number of aliphatic carboxylic acids is 1. The summed E-state index contributed by atoms with van der Waals surface area (Å²) in [4.78, 5) is 17.7. The van der Waals surface area contributed by atoms with Gasteiger partial charge in [-0.05, 0) is 38.4 Å². The zero-order chi connectivity index (χ0) is 13.5. The molecule has 3 rings (SSSR count). The van der Waals surface area contributed by atoms with Crippen LogP contribution < -0.4 is 0 Å². The Balaban J connectivity index is 1.86. The molecule has 2 aromatic rings. The molecule has 5 nitrogen and oxygen atoms in total. The Morgan fingerprint density at radius 1 is 1.53 bits per heavy atom. The SMILES string of the molecule is CC1(C(=O)O)CCCN1Cc1nc2ccccc2o1. The molecule has 5 heteroatoms. The summed E-state index contributed by atoms with van der Waals surface area (Å²) in [5.41, 5.74) is 0.753. The number of fused-ring (bicyclic) bond motifs is 1. The van der Waals surface area contributed by atoms with E-state index < -0.39 is 11.5 Å². The first-order chi connectivity index (χ1) is 9.09. The molecule has 2 heterocycles. The summed E-state index contributed by atoms with van der Waals surface area (Å²) in [5, 5.41) is 9.37. The van der Waals surface area contributed by atoms with Crippen LogP contribution in [0.5, 0.6) is 0 Å². The van der Waals surface area contributed by atoms with E-state index >= 15 is 0 Å². The van der Waals surface area contributed by atoms with E-state index in [1.54, 1.807) is 6.92 Å². The third-order valence-electron chi connectivity index (χ3n) is 3.91. The molecule has 19 heavy (non-hydrogen) atoms. The highest BCUT2D eigenvalue weighted by Gasteiger charge is 2.43. The molecule has 0 amide bonds. The highest BCUT2D eigenvalue weighted by Crippen LogP contribution is 2.31. The van der Waals surface area contributed by atoms with Crippen molar-refractivity contribution in [1.82, 2.24) is 9.88 Å². The summed E-state index contributed by atoms with van der Waals surface area (Å²) in [7, 11) is 0. The van der Waals surface area contributed by atoms with Crippen LogP contribution in [0, 0.1) is 0 Å². The molecule has 1 fully saturated rings. The largest absolute Gasteiger partial charge is 0.480 e. The highest BCUT2D eigenvalue weighted by molar-refractivity contribution is 5.78. The number of benzene rings is 1. The number of likely N-dealkylation sites (tertiary alicyclic amines) is 1. The fraction of sp³-hybridized carbons (Fsp3) is 0.429. The van der Waals surface area contributed by atoms with Gasteiger partial charge in [0, 0.05) is 0 Å². The van der Waals surface area contributed by atoms with E-state index in [0.29, 0.717) is 18.9 Å². The van der Waals surface area contributed by atoms with E-state index in [0.717, 1.165) is 24.1 Å². The highest BCUT2D eigenvalue weighted by atomic mass is 16.4. The van der Waals surface area contributed by atoms with Gasteiger partial charge in [-0.1, -0.05) is 12.1 Å². The second-order valence-corrected chi connectivity index (χ2v) is 5.18. The molecule has 1 aromatic carbocycles. The monoisotopic (exact) mass is 260 g/mol. The van der Waals surface area contributed by atoms with Crippen molar-refractivity contribution in [3.05, 3.63) is 30.2 Å². The Morgan fingerprint density at radius 3 is 3.05 bits per heavy atom. The molecule has 0 bridgehead atoms. The van der Waals surface area contributed by atoms with E-state index in [9.17, 15) is 9.90 Å². The summed E-state index contributed by atoms with van der Waals surface area (Å²) in [6.45, 7) is 2.98. The van der Waals surface area contributed by atoms with E-state index in [2.05, 4.69) is 4.98 Å². The van der Waals surface area contributed by atoms with Crippen LogP contribution in [0.25, 0.3) is 11.1 Å². The van der Waals surface area contributed by atoms with Crippen LogP contribution in [-0.4, -0.2) is 33.0 Å². The second kappa shape index (κ2) is 4.35. The van der Waals surface area contributed by atoms with Crippen molar-refractivity contribution >= 4 is 17.1 Å². The Bertz CT molecular complexity index is 589. The van der Waals surface area contributed by atoms with Crippen LogP contribution in [0.15, 0.2) is 28.7 Å². The molecule has 0 radical (unpaired) electrons. The number of hydrogen-bond donors (Lipinski definition) is 1. The number of carboxylic acid groups (broad SMARTS) is 1. The van der Waals surface area contributed by atoms with Crippen LogP contribution in [0.3, 0.4) is 0 Å². The maximum absolute atomic E-state index is 11.4. The number of rotatable bonds is 3. The lowest BCUT2D eigenvalue weighted by Gasteiger charge is -2.29. The first-order valence-electron chi connectivity index (χ1n) is 6.42. The van der Waals surface area contributed by atoms with Gasteiger partial charge in [-0.15, -0.1) is 0 Å². The summed E-state index contributed by atoms with van der Waals surface area (Å²) in [6.07, 6.45) is 1.56. The van der Waals surface area contributed by atoms with E-state index in [1.807, 2.05) is 29.2 Å². The smallest absolute Gasteiger partial charge is 0.323 e. The van der Waals surface area contributed by atoms with Crippen molar-refractivity contribution in [3.63, 3.8) is 0 Å². The lowest BCUT2D eigenvalue weighted by molar-refractivity contribution is -0.149. The summed E-state index contributed by atoms with van der Waals surface area (Å²) >= 11 is 0. The first-order valence-corrected chi connectivity index (χ1v) is 6.42. The summed E-state index contributed by atoms with van der Waals surface area (Å²) in [6, 6.07) is 7.56. The molecular weight excluding hydrogens is 244 g/mol. The maximum atomic E-state index is 11.4. The van der Waals surface area contributed by atoms with Gasteiger partial charge in [0.05, 0.1) is 6.54 Å². The Labute approximate surface area is 110 Å². The normalized spacial score (nSPS) is 24.1. The average Bonchev–Trinajstić information content (AvgIpc) is 2.94. The minimum atomic E-state index is -0.805. The van der Waals surface area contributed by atoms with E-state index in [4.69, 9.17) is 4.42 Å². The van der Waals surface area contributed by atoms with Gasteiger partial charge in [-0.25, -0.2) is 4.98 Å². The van der Waals surface area contributed by atoms with Gasteiger partial charge in [0.15, 0.2) is 5.58 Å². The number of oxazole rings is 1. The van der Waals surface area contributed by atoms with Crippen molar-refractivity contribution < 1.29 is 14.3 Å². The fourth-order valence-electron chi connectivity index (χ4n) is 2.67. The predicted molar refractivity (Wildman–Crippen MR) is 69.7 cm³/mol. The Kier molecular flexibility index (Phi) is 2.78. The number of hydrogen-bond acceptors (Lipinski definition) is 4. The first kappa shape index (κ1) is 12.2. The van der Waals surface area contributed by atoms with Crippen molar-refractivity contribution in [1.29, 1.82) is 0 Å². The van der Waals surface area contributed by atoms with Crippen LogP contribution in [-0.2, 0) is 11.3 Å². The van der Waals surface area contributed by atoms with Crippen LogP contribution in [0.2, 0.25) is 0 Å². The lowest BCUT2D eigenvalue weighted by atomic mass is 9.99. The minimum Gasteiger partial charge on any atom is -0.480 e. The summed E-state index contributed by atoms with van der Waals surface area (Å²) < 4.78 is 5.66. The van der Waals surface area contributed by atoms with Crippen LogP contribution in [0.1, 0.15) is 25.7 Å². The van der Waals surface area contributed by atoms with Crippen molar-refractivity contribution in [2.24, 2.45) is 0 Å². The van der Waals surface area contributed by atoms with Crippen molar-refractivity contribution in [2.45, 2.75) is 31.8 Å². The molecule has 100 valence electrons. The number of para-hydroxylation sites is 2. The zero-order valence-electron chi connectivity index (χ0n) is 10.8. The van der Waals surface area contributed by atoms with Gasteiger partial charge in [0.1, 0.15) is 11.1 Å². The Hall–Kier alpha value is -1.88. The predicted octanol–water partition coefficient (Wildman–Crippen LogP) is 2.27. The van der Waals surface area contributed by atoms with E-state index in [-0.39, 0.29) is 0 Å². The zero-order valence-corrected chi connectivity index (χ0v) is 10.8. The van der Waals surface area contributed by atoms with Gasteiger partial charge in [-0.3, -0.25) is 9.69 Å². The third-order valence-corrected chi connectivity index (χ3v) is 3.91. The number of aromatic nitrogens is 1. The molecule has 0 spiro atoms. The summed E-state index contributed by atoms with van der Waals surface area (Å²) in [5.74, 6) is -0.198. The molecule has 1 aliphatic rings. The van der Waals surface area contributed by atoms with Gasteiger partial charge in [-0.2, -0.15) is 0 Å². The Morgan fingerprint density at radius 2 is 2.32 bits per heavy atom. The third kappa shape index (κ3) is 2.00. The molecule has 0 saturated carbocycles. The quantitative estimate of drug-likeness (QED) is 0.917. The molecular formula is C14H16N2O3. The van der Waals surface area contributed by atoms with E-state index in [1.165, 1.54) is 0 Å². The molecule has 1 unspecified atom stereocenters. The standard InChI is InChI=1S/C14H16N2O3/c1-14(13(17)18)7-4-8-16(14)9-12-15-10-5-2-3-6-11(10)19-12/h2-3,5-6H,4,7-9H2,1H3,(H,17,18). The van der Waals surface area contributed by atoms with Crippen LogP contribution in [0.4, 0.5) is 0 Å². The van der Waals surface area contributed by atoms with Gasteiger partial charge in [0.2, 0.25) is 5.89 Å². The van der Waals surface area contributed by atoms with Gasteiger partial charge in [0.25, 0.3) is 0 Å². The maximum Gasteiger partial charge on any atom is 0.323 e. The number of nitrogens with zero attached hydrogens (tertiary/aromatic N) is 2. The van der Waals surface area contributed by atoms with Gasteiger partial charge >= 0.3 is 5.97 Å².